The smallest absolute Gasteiger partial charge is 0.317 e. The van der Waals surface area contributed by atoms with Crippen molar-refractivity contribution < 1.29 is 14.3 Å². The largest absolute Gasteiger partial charge is 0.468 e. The maximum atomic E-state index is 12.7. The lowest BCUT2D eigenvalue weighted by Gasteiger charge is -2.10. The number of benzene rings is 2. The zero-order valence-electron chi connectivity index (χ0n) is 13.4. The Bertz CT molecular complexity index is 831. The van der Waals surface area contributed by atoms with E-state index in [-0.39, 0.29) is 5.78 Å². The van der Waals surface area contributed by atoms with Gasteiger partial charge < -0.3 is 4.74 Å². The van der Waals surface area contributed by atoms with E-state index in [0.29, 0.717) is 11.1 Å². The summed E-state index contributed by atoms with van der Waals surface area (Å²) in [6.07, 6.45) is 1.80. The fraction of sp³-hybridized carbons (Fsp3) is 0.200. The molecule has 2 aromatic rings. The molecule has 3 heteroatoms. The molecule has 0 saturated heterocycles. The highest BCUT2D eigenvalue weighted by atomic mass is 16.5. The highest BCUT2D eigenvalue weighted by molar-refractivity contribution is 6.20. The van der Waals surface area contributed by atoms with E-state index in [9.17, 15) is 9.59 Å². The predicted molar refractivity (Wildman–Crippen MR) is 89.4 cm³/mol. The zero-order valence-corrected chi connectivity index (χ0v) is 13.4. The van der Waals surface area contributed by atoms with Gasteiger partial charge in [0.1, 0.15) is 5.92 Å². The van der Waals surface area contributed by atoms with Crippen molar-refractivity contribution in [2.75, 3.05) is 7.11 Å². The Morgan fingerprint density at radius 3 is 2.52 bits per heavy atom. The van der Waals surface area contributed by atoms with Crippen molar-refractivity contribution in [1.82, 2.24) is 0 Å². The summed E-state index contributed by atoms with van der Waals surface area (Å²) in [5, 5.41) is 0. The van der Waals surface area contributed by atoms with Gasteiger partial charge in [-0.15, -0.1) is 0 Å². The lowest BCUT2D eigenvalue weighted by atomic mass is 9.95. The molecule has 1 aliphatic rings. The monoisotopic (exact) mass is 306 g/mol. The molecule has 0 spiro atoms. The van der Waals surface area contributed by atoms with Crippen molar-refractivity contribution >= 4 is 17.8 Å². The van der Waals surface area contributed by atoms with Gasteiger partial charge in [-0.1, -0.05) is 42.5 Å². The number of fused-ring (bicyclic) bond motifs is 1. The first kappa shape index (κ1) is 15.2. The highest BCUT2D eigenvalue weighted by Crippen LogP contribution is 2.39. The first-order valence-electron chi connectivity index (χ1n) is 7.53. The molecule has 0 N–H and O–H groups in total. The van der Waals surface area contributed by atoms with E-state index in [4.69, 9.17) is 4.74 Å². The average Bonchev–Trinajstić information content (AvgIpc) is 2.83. The summed E-state index contributed by atoms with van der Waals surface area (Å²) < 4.78 is 4.92. The minimum Gasteiger partial charge on any atom is -0.468 e. The van der Waals surface area contributed by atoms with Gasteiger partial charge in [0.2, 0.25) is 0 Å². The molecule has 0 amide bonds. The van der Waals surface area contributed by atoms with Crippen LogP contribution in [-0.2, 0) is 9.53 Å². The van der Waals surface area contributed by atoms with Crippen molar-refractivity contribution in [2.45, 2.75) is 19.8 Å². The van der Waals surface area contributed by atoms with Crippen molar-refractivity contribution in [3.8, 4) is 0 Å². The van der Waals surface area contributed by atoms with E-state index in [1.165, 1.54) is 12.7 Å². The van der Waals surface area contributed by atoms with Gasteiger partial charge in [-0.3, -0.25) is 9.59 Å². The van der Waals surface area contributed by atoms with Crippen LogP contribution >= 0.6 is 0 Å². The van der Waals surface area contributed by atoms with Gasteiger partial charge in [0.15, 0.2) is 5.78 Å². The van der Waals surface area contributed by atoms with Gasteiger partial charge in [0.05, 0.1) is 7.11 Å². The number of carbonyl (C=O) groups excluding carboxylic acids is 2. The summed E-state index contributed by atoms with van der Waals surface area (Å²) in [5.74, 6) is -1.15. The fourth-order valence-electron chi connectivity index (χ4n) is 2.96. The summed E-state index contributed by atoms with van der Waals surface area (Å²) in [5.41, 5.74) is 5.03. The van der Waals surface area contributed by atoms with Gasteiger partial charge in [-0.2, -0.15) is 0 Å². The minimum atomic E-state index is -0.648. The van der Waals surface area contributed by atoms with Gasteiger partial charge in [0, 0.05) is 11.1 Å². The molecule has 2 aromatic carbocycles. The molecule has 0 saturated carbocycles. The Labute approximate surface area is 135 Å². The summed E-state index contributed by atoms with van der Waals surface area (Å²) in [6.45, 7) is 4.07. The molecule has 0 bridgehead atoms. The molecule has 3 nitrogen and oxygen atoms in total. The summed E-state index contributed by atoms with van der Waals surface area (Å²) >= 11 is 0. The van der Waals surface area contributed by atoms with Gasteiger partial charge in [-0.25, -0.2) is 0 Å². The van der Waals surface area contributed by atoms with Gasteiger partial charge in [-0.05, 0) is 42.2 Å². The normalized spacial score (nSPS) is 18.1. The number of aryl methyl sites for hydroxylation is 2. The van der Waals surface area contributed by atoms with Crippen LogP contribution in [0.15, 0.2) is 48.0 Å². The molecular weight excluding hydrogens is 288 g/mol. The number of methoxy groups -OCH3 is 1. The van der Waals surface area contributed by atoms with Crippen LogP contribution in [0.25, 0.3) is 6.08 Å². The van der Waals surface area contributed by atoms with Crippen LogP contribution in [0.4, 0.5) is 0 Å². The second-order valence-electron chi connectivity index (χ2n) is 5.82. The molecule has 0 radical (unpaired) electrons. The molecule has 0 aromatic heterocycles. The fourth-order valence-corrected chi connectivity index (χ4v) is 2.96. The number of carbonyl (C=O) groups is 2. The number of Topliss-reactive ketones (excluding diaryl/α,β-unsaturated/α-hetero) is 1. The minimum absolute atomic E-state index is 0.103. The van der Waals surface area contributed by atoms with Crippen molar-refractivity contribution in [3.05, 3.63) is 75.9 Å². The standard InChI is InChI=1S/C20H18O3/c1-12-8-9-14(10-13(12)2)11-17-18(20(22)23-3)15-6-4-5-7-16(15)19(17)21/h4-11,18H,1-3H3/b17-11-. The zero-order chi connectivity index (χ0) is 16.6. The van der Waals surface area contributed by atoms with Crippen molar-refractivity contribution in [1.29, 1.82) is 0 Å². The Morgan fingerprint density at radius 1 is 1.09 bits per heavy atom. The molecule has 23 heavy (non-hydrogen) atoms. The SMILES string of the molecule is COC(=O)C1/C(=C/c2ccc(C)c(C)c2)C(=O)c2ccccc21. The van der Waals surface area contributed by atoms with E-state index in [2.05, 4.69) is 0 Å². The van der Waals surface area contributed by atoms with Crippen LogP contribution < -0.4 is 0 Å². The number of ether oxygens (including phenoxy) is 1. The summed E-state index contributed by atoms with van der Waals surface area (Å²) in [6, 6.07) is 13.2. The third-order valence-corrected chi connectivity index (χ3v) is 4.38. The Hall–Kier alpha value is -2.68. The third-order valence-electron chi connectivity index (χ3n) is 4.38. The Balaban J connectivity index is 2.13. The van der Waals surface area contributed by atoms with Crippen LogP contribution in [0.5, 0.6) is 0 Å². The molecule has 0 heterocycles. The summed E-state index contributed by atoms with van der Waals surface area (Å²) in [4.78, 5) is 24.9. The molecule has 0 fully saturated rings. The quantitative estimate of drug-likeness (QED) is 0.625. The van der Waals surface area contributed by atoms with Crippen LogP contribution in [0.1, 0.15) is 38.5 Å². The Morgan fingerprint density at radius 2 is 1.83 bits per heavy atom. The first-order valence-corrected chi connectivity index (χ1v) is 7.53. The molecule has 116 valence electrons. The van der Waals surface area contributed by atoms with Crippen molar-refractivity contribution in [3.63, 3.8) is 0 Å². The lowest BCUT2D eigenvalue weighted by Crippen LogP contribution is -2.14. The molecule has 0 aliphatic heterocycles. The predicted octanol–water partition coefficient (Wildman–Crippen LogP) is 3.84. The number of hydrogen-bond donors (Lipinski definition) is 0. The second kappa shape index (κ2) is 5.84. The topological polar surface area (TPSA) is 43.4 Å². The maximum Gasteiger partial charge on any atom is 0.317 e. The molecule has 1 aliphatic carbocycles. The second-order valence-corrected chi connectivity index (χ2v) is 5.82. The number of hydrogen-bond acceptors (Lipinski definition) is 3. The first-order chi connectivity index (χ1) is 11.0. The van der Waals surface area contributed by atoms with Crippen LogP contribution in [0.2, 0.25) is 0 Å². The lowest BCUT2D eigenvalue weighted by molar-refractivity contribution is -0.141. The number of rotatable bonds is 2. The van der Waals surface area contributed by atoms with E-state index in [0.717, 1.165) is 16.7 Å². The van der Waals surface area contributed by atoms with E-state index >= 15 is 0 Å². The molecule has 1 unspecified atom stereocenters. The van der Waals surface area contributed by atoms with Gasteiger partial charge in [0.25, 0.3) is 0 Å². The molecule has 1 atom stereocenters. The van der Waals surface area contributed by atoms with Crippen LogP contribution in [-0.4, -0.2) is 18.9 Å². The van der Waals surface area contributed by atoms with Gasteiger partial charge >= 0.3 is 5.97 Å². The number of ketones is 1. The summed E-state index contributed by atoms with van der Waals surface area (Å²) in [7, 11) is 1.35. The highest BCUT2D eigenvalue weighted by Gasteiger charge is 2.39. The number of esters is 1. The average molecular weight is 306 g/mol. The van der Waals surface area contributed by atoms with Crippen molar-refractivity contribution in [2.24, 2.45) is 0 Å². The molecule has 3 rings (SSSR count). The molecular formula is C20H18O3. The van der Waals surface area contributed by atoms with E-state index < -0.39 is 11.9 Å². The maximum absolute atomic E-state index is 12.7. The van der Waals surface area contributed by atoms with E-state index in [1.54, 1.807) is 12.1 Å². The van der Waals surface area contributed by atoms with Crippen LogP contribution in [0, 0.1) is 13.8 Å². The third kappa shape index (κ3) is 2.59. The van der Waals surface area contributed by atoms with Crippen LogP contribution in [0.3, 0.4) is 0 Å². The van der Waals surface area contributed by atoms with E-state index in [1.807, 2.05) is 50.2 Å². The Kier molecular flexibility index (Phi) is 3.87.